The molecule has 0 radical (unpaired) electrons. The van der Waals surface area contributed by atoms with Gasteiger partial charge in [-0.25, -0.2) is 0 Å². The summed E-state index contributed by atoms with van der Waals surface area (Å²) in [7, 11) is 0. The quantitative estimate of drug-likeness (QED) is 0.678. The van der Waals surface area contributed by atoms with Gasteiger partial charge in [-0.2, -0.15) is 0 Å². The van der Waals surface area contributed by atoms with Crippen LogP contribution in [0.3, 0.4) is 0 Å². The van der Waals surface area contributed by atoms with Gasteiger partial charge in [-0.05, 0) is 27.2 Å². The zero-order valence-corrected chi connectivity index (χ0v) is 8.54. The van der Waals surface area contributed by atoms with Crippen LogP contribution in [0.2, 0.25) is 0 Å². The van der Waals surface area contributed by atoms with E-state index >= 15 is 0 Å². The summed E-state index contributed by atoms with van der Waals surface area (Å²) in [6.45, 7) is 9.46. The third-order valence-corrected chi connectivity index (χ3v) is 2.26. The lowest BCUT2D eigenvalue weighted by atomic mass is 9.96. The van der Waals surface area contributed by atoms with Crippen molar-refractivity contribution in [3.05, 3.63) is 12.7 Å². The maximum atomic E-state index is 9.97. The second kappa shape index (κ2) is 3.40. The molecule has 1 aliphatic heterocycles. The molecule has 0 saturated carbocycles. The van der Waals surface area contributed by atoms with E-state index in [0.29, 0.717) is 13.0 Å². The van der Waals surface area contributed by atoms with Gasteiger partial charge in [0.1, 0.15) is 6.10 Å². The minimum atomic E-state index is -0.879. The van der Waals surface area contributed by atoms with Crippen LogP contribution >= 0.6 is 0 Å². The Kier molecular flexibility index (Phi) is 2.80. The number of hydrogen-bond acceptors (Lipinski definition) is 3. The van der Waals surface area contributed by atoms with Gasteiger partial charge in [-0.15, -0.1) is 6.58 Å². The molecular weight excluding hydrogens is 168 g/mol. The van der Waals surface area contributed by atoms with Crippen molar-refractivity contribution in [3.8, 4) is 0 Å². The molecule has 0 spiro atoms. The van der Waals surface area contributed by atoms with Crippen molar-refractivity contribution in [2.45, 2.75) is 44.7 Å². The Morgan fingerprint density at radius 1 is 1.69 bits per heavy atom. The molecular formula is C10H18O3. The van der Waals surface area contributed by atoms with Crippen LogP contribution in [0, 0.1) is 0 Å². The average Bonchev–Trinajstić information content (AvgIpc) is 2.30. The van der Waals surface area contributed by atoms with E-state index in [1.54, 1.807) is 13.0 Å². The van der Waals surface area contributed by atoms with Crippen molar-refractivity contribution < 1.29 is 14.6 Å². The summed E-state index contributed by atoms with van der Waals surface area (Å²) in [5, 5.41) is 9.97. The van der Waals surface area contributed by atoms with Gasteiger partial charge in [0.15, 0.2) is 5.79 Å². The average molecular weight is 186 g/mol. The van der Waals surface area contributed by atoms with Crippen molar-refractivity contribution in [2.24, 2.45) is 0 Å². The van der Waals surface area contributed by atoms with Crippen molar-refractivity contribution in [3.63, 3.8) is 0 Å². The van der Waals surface area contributed by atoms with E-state index in [9.17, 15) is 5.11 Å². The van der Waals surface area contributed by atoms with Crippen LogP contribution in [0.25, 0.3) is 0 Å². The Morgan fingerprint density at radius 3 is 2.69 bits per heavy atom. The molecule has 1 aliphatic rings. The molecule has 0 bridgehead atoms. The zero-order chi connectivity index (χ0) is 10.1. The van der Waals surface area contributed by atoms with Crippen molar-refractivity contribution in [1.29, 1.82) is 0 Å². The van der Waals surface area contributed by atoms with Crippen molar-refractivity contribution >= 4 is 0 Å². The van der Waals surface area contributed by atoms with Crippen molar-refractivity contribution in [1.82, 2.24) is 0 Å². The van der Waals surface area contributed by atoms with Gasteiger partial charge in [0, 0.05) is 0 Å². The molecule has 1 unspecified atom stereocenters. The van der Waals surface area contributed by atoms with Gasteiger partial charge in [0.25, 0.3) is 0 Å². The van der Waals surface area contributed by atoms with Crippen LogP contribution in [0.15, 0.2) is 12.7 Å². The number of hydrogen-bond donors (Lipinski definition) is 1. The number of ether oxygens (including phenoxy) is 2. The summed E-state index contributed by atoms with van der Waals surface area (Å²) in [6, 6.07) is 0. The highest BCUT2D eigenvalue weighted by Gasteiger charge is 2.42. The Hall–Kier alpha value is -0.380. The molecule has 76 valence electrons. The molecule has 3 nitrogen and oxygen atoms in total. The predicted octanol–water partition coefficient (Wildman–Crippen LogP) is 1.46. The van der Waals surface area contributed by atoms with Crippen LogP contribution in [-0.4, -0.2) is 29.2 Å². The standard InChI is InChI=1S/C10H18O3/c1-5-6-10(4,11)8-7-12-9(2,3)13-8/h5,8,11H,1,6-7H2,2-4H3/t8-,10?/m1/s1. The molecule has 1 fully saturated rings. The predicted molar refractivity (Wildman–Crippen MR) is 50.3 cm³/mol. The van der Waals surface area contributed by atoms with Crippen LogP contribution in [0.1, 0.15) is 27.2 Å². The first kappa shape index (κ1) is 10.7. The molecule has 1 N–H and O–H groups in total. The lowest BCUT2D eigenvalue weighted by molar-refractivity contribution is -0.166. The van der Waals surface area contributed by atoms with E-state index < -0.39 is 11.4 Å². The Balaban J connectivity index is 2.59. The maximum Gasteiger partial charge on any atom is 0.163 e. The highest BCUT2D eigenvalue weighted by atomic mass is 16.7. The molecule has 2 atom stereocenters. The first-order chi connectivity index (χ1) is 5.87. The Morgan fingerprint density at radius 2 is 2.31 bits per heavy atom. The van der Waals surface area contributed by atoms with Crippen LogP contribution < -0.4 is 0 Å². The summed E-state index contributed by atoms with van der Waals surface area (Å²) in [4.78, 5) is 0. The summed E-state index contributed by atoms with van der Waals surface area (Å²) in [5.41, 5.74) is -0.879. The topological polar surface area (TPSA) is 38.7 Å². The fourth-order valence-corrected chi connectivity index (χ4v) is 1.42. The monoisotopic (exact) mass is 186 g/mol. The molecule has 0 aromatic rings. The number of rotatable bonds is 3. The molecule has 1 saturated heterocycles. The second-order valence-electron chi connectivity index (χ2n) is 4.17. The molecule has 3 heteroatoms. The normalized spacial score (nSPS) is 31.2. The largest absolute Gasteiger partial charge is 0.387 e. The summed E-state index contributed by atoms with van der Waals surface area (Å²) in [5.74, 6) is -0.574. The summed E-state index contributed by atoms with van der Waals surface area (Å²) in [6.07, 6.45) is 1.94. The van der Waals surface area contributed by atoms with Crippen LogP contribution in [0.4, 0.5) is 0 Å². The molecule has 13 heavy (non-hydrogen) atoms. The van der Waals surface area contributed by atoms with E-state index in [1.165, 1.54) is 0 Å². The maximum absolute atomic E-state index is 9.97. The minimum absolute atomic E-state index is 0.263. The van der Waals surface area contributed by atoms with E-state index in [4.69, 9.17) is 9.47 Å². The minimum Gasteiger partial charge on any atom is -0.387 e. The van der Waals surface area contributed by atoms with Gasteiger partial charge in [0.2, 0.25) is 0 Å². The highest BCUT2D eigenvalue weighted by Crippen LogP contribution is 2.30. The SMILES string of the molecule is C=CCC(C)(O)[C@H]1COC(C)(C)O1. The number of aliphatic hydroxyl groups is 1. The molecule has 1 rings (SSSR count). The molecule has 0 amide bonds. The van der Waals surface area contributed by atoms with Crippen LogP contribution in [0.5, 0.6) is 0 Å². The Bertz CT molecular complexity index is 196. The van der Waals surface area contributed by atoms with Gasteiger partial charge >= 0.3 is 0 Å². The zero-order valence-electron chi connectivity index (χ0n) is 8.54. The Labute approximate surface area is 79.3 Å². The second-order valence-corrected chi connectivity index (χ2v) is 4.17. The first-order valence-corrected chi connectivity index (χ1v) is 4.52. The van der Waals surface area contributed by atoms with Gasteiger partial charge < -0.3 is 14.6 Å². The molecule has 0 aromatic carbocycles. The van der Waals surface area contributed by atoms with E-state index in [2.05, 4.69) is 6.58 Å². The lowest BCUT2D eigenvalue weighted by Gasteiger charge is -2.28. The van der Waals surface area contributed by atoms with E-state index in [-0.39, 0.29) is 6.10 Å². The van der Waals surface area contributed by atoms with Crippen molar-refractivity contribution in [2.75, 3.05) is 6.61 Å². The fraction of sp³-hybridized carbons (Fsp3) is 0.800. The van der Waals surface area contributed by atoms with E-state index in [0.717, 1.165) is 0 Å². The van der Waals surface area contributed by atoms with Gasteiger partial charge in [-0.3, -0.25) is 0 Å². The van der Waals surface area contributed by atoms with E-state index in [1.807, 2.05) is 13.8 Å². The third-order valence-electron chi connectivity index (χ3n) is 2.26. The van der Waals surface area contributed by atoms with Crippen LogP contribution in [-0.2, 0) is 9.47 Å². The van der Waals surface area contributed by atoms with Gasteiger partial charge in [0.05, 0.1) is 12.2 Å². The van der Waals surface area contributed by atoms with Gasteiger partial charge in [-0.1, -0.05) is 6.08 Å². The summed E-state index contributed by atoms with van der Waals surface area (Å²) >= 11 is 0. The smallest absolute Gasteiger partial charge is 0.163 e. The highest BCUT2D eigenvalue weighted by molar-refractivity contribution is 4.92. The lowest BCUT2D eigenvalue weighted by Crippen LogP contribution is -2.41. The third kappa shape index (κ3) is 2.53. The molecule has 1 heterocycles. The fourth-order valence-electron chi connectivity index (χ4n) is 1.42. The summed E-state index contributed by atoms with van der Waals surface area (Å²) < 4.78 is 10.9. The molecule has 0 aliphatic carbocycles. The molecule has 0 aromatic heterocycles. The first-order valence-electron chi connectivity index (χ1n) is 4.52.